The van der Waals surface area contributed by atoms with Crippen molar-refractivity contribution in [3.8, 4) is 17.4 Å². The number of rotatable bonds is 7. The molecule has 0 amide bonds. The molecule has 0 atom stereocenters. The van der Waals surface area contributed by atoms with E-state index < -0.39 is 0 Å². The minimum atomic E-state index is -0.140. The van der Waals surface area contributed by atoms with Gasteiger partial charge >= 0.3 is 0 Å². The third kappa shape index (κ3) is 9.35. The fourth-order valence-electron chi connectivity index (χ4n) is 9.10. The zero-order valence-corrected chi connectivity index (χ0v) is 40.1. The molecular formula is C59H55B2N7O. The van der Waals surface area contributed by atoms with E-state index in [0.717, 1.165) is 72.4 Å². The van der Waals surface area contributed by atoms with Crippen LogP contribution in [0.25, 0.3) is 38.6 Å². The number of aromatic nitrogens is 3. The van der Waals surface area contributed by atoms with Gasteiger partial charge in [-0.15, -0.1) is 12.0 Å². The van der Waals surface area contributed by atoms with Crippen molar-refractivity contribution in [1.29, 1.82) is 0 Å². The summed E-state index contributed by atoms with van der Waals surface area (Å²) in [5, 5.41) is 8.80. The number of hydrogen-bond acceptors (Lipinski definition) is 7. The molecule has 0 saturated heterocycles. The predicted molar refractivity (Wildman–Crippen MR) is 291 cm³/mol. The van der Waals surface area contributed by atoms with Gasteiger partial charge in [-0.2, -0.15) is 0 Å². The fourth-order valence-corrected chi connectivity index (χ4v) is 9.10. The fraction of sp³-hybridized carbons (Fsp3) is 0.153. The largest absolute Gasteiger partial charge is 0.439 e. The summed E-state index contributed by atoms with van der Waals surface area (Å²) < 4.78 is 8.96. The number of hydrogen-bond donors (Lipinski definition) is 2. The number of ether oxygens (including phenoxy) is 1. The third-order valence-electron chi connectivity index (χ3n) is 12.7. The SMILES string of the molecule is CC(C)(C)c1ccnc(-n2c3ccccc3c3ccc(Oc4cc(N5CN(c6c(/C7=C/C=C\N/C=C\C=C/[B]7)cc(C(C)(C)C)cc6/C6=C/C=C\N/C=C\C=C/[B]6)c6ccccc65)ccn4)cc32)c1. The highest BCUT2D eigenvalue weighted by Gasteiger charge is 2.33. The number of fused-ring (bicyclic) bond motifs is 4. The van der Waals surface area contributed by atoms with Crippen LogP contribution in [0.1, 0.15) is 63.8 Å². The minimum absolute atomic E-state index is 0.0288. The molecule has 6 heterocycles. The summed E-state index contributed by atoms with van der Waals surface area (Å²) in [7, 11) is 4.41. The van der Waals surface area contributed by atoms with Gasteiger partial charge in [-0.25, -0.2) is 9.97 Å². The molecule has 4 aromatic carbocycles. The highest BCUT2D eigenvalue weighted by Crippen LogP contribution is 2.49. The summed E-state index contributed by atoms with van der Waals surface area (Å²) >= 11 is 0. The van der Waals surface area contributed by atoms with Gasteiger partial charge in [0.2, 0.25) is 5.88 Å². The van der Waals surface area contributed by atoms with Crippen molar-refractivity contribution < 1.29 is 4.74 Å². The Labute approximate surface area is 407 Å². The Bertz CT molecular complexity index is 3260. The van der Waals surface area contributed by atoms with Crippen molar-refractivity contribution >= 4 is 70.1 Å². The maximum atomic E-state index is 6.72. The van der Waals surface area contributed by atoms with E-state index in [-0.39, 0.29) is 10.8 Å². The van der Waals surface area contributed by atoms with Crippen LogP contribution in [0.3, 0.4) is 0 Å². The number of nitrogens with one attached hydrogen (secondary N) is 2. The summed E-state index contributed by atoms with van der Waals surface area (Å²) in [4.78, 5) is 14.5. The molecule has 2 radical (unpaired) electrons. The van der Waals surface area contributed by atoms with Gasteiger partial charge in [0.05, 0.1) is 28.1 Å². The lowest BCUT2D eigenvalue weighted by molar-refractivity contribution is 0.463. The monoisotopic (exact) mass is 899 g/mol. The van der Waals surface area contributed by atoms with E-state index in [1.54, 1.807) is 0 Å². The number of allylic oxidation sites excluding steroid dienone is 8. The van der Waals surface area contributed by atoms with Crippen LogP contribution in [-0.2, 0) is 10.8 Å². The van der Waals surface area contributed by atoms with Crippen molar-refractivity contribution in [2.45, 2.75) is 52.4 Å². The van der Waals surface area contributed by atoms with Gasteiger partial charge in [-0.1, -0.05) is 107 Å². The van der Waals surface area contributed by atoms with Gasteiger partial charge in [-0.3, -0.25) is 4.57 Å². The Balaban J connectivity index is 1.07. The van der Waals surface area contributed by atoms with Gasteiger partial charge < -0.3 is 25.2 Å². The molecule has 0 aliphatic carbocycles. The Kier molecular flexibility index (Phi) is 12.3. The first-order valence-electron chi connectivity index (χ1n) is 23.6. The first kappa shape index (κ1) is 44.8. The maximum absolute atomic E-state index is 6.72. The second-order valence-corrected chi connectivity index (χ2v) is 19.4. The number of benzene rings is 4. The summed E-state index contributed by atoms with van der Waals surface area (Å²) in [5.41, 5.74) is 13.0. The molecule has 3 aromatic heterocycles. The van der Waals surface area contributed by atoms with Crippen molar-refractivity contribution in [2.24, 2.45) is 0 Å². The molecule has 0 bridgehead atoms. The van der Waals surface area contributed by atoms with Crippen LogP contribution < -0.4 is 25.2 Å². The van der Waals surface area contributed by atoms with E-state index >= 15 is 0 Å². The van der Waals surface area contributed by atoms with Crippen LogP contribution in [0.5, 0.6) is 11.6 Å². The van der Waals surface area contributed by atoms with Crippen LogP contribution in [0.2, 0.25) is 0 Å². The van der Waals surface area contributed by atoms with Crippen molar-refractivity contribution in [3.05, 3.63) is 223 Å². The quantitative estimate of drug-likeness (QED) is 0.154. The first-order chi connectivity index (χ1) is 33.5. The van der Waals surface area contributed by atoms with E-state index in [9.17, 15) is 0 Å². The van der Waals surface area contributed by atoms with Crippen LogP contribution >= 0.6 is 0 Å². The van der Waals surface area contributed by atoms with Crippen LogP contribution in [-0.4, -0.2) is 35.8 Å². The lowest BCUT2D eigenvalue weighted by Gasteiger charge is -2.31. The second-order valence-electron chi connectivity index (χ2n) is 19.4. The smallest absolute Gasteiger partial charge is 0.221 e. The summed E-state index contributed by atoms with van der Waals surface area (Å²) in [6, 6.07) is 36.6. The van der Waals surface area contributed by atoms with Gasteiger partial charge in [-0.05, 0) is 118 Å². The normalized spacial score (nSPS) is 19.3. The molecule has 0 fully saturated rings. The zero-order chi connectivity index (χ0) is 47.5. The maximum Gasteiger partial charge on any atom is 0.221 e. The summed E-state index contributed by atoms with van der Waals surface area (Å²) in [5.74, 6) is 6.27. The molecule has 10 heteroatoms. The molecule has 2 N–H and O–H groups in total. The average molecular weight is 900 g/mol. The Morgan fingerprint density at radius 3 is 1.84 bits per heavy atom. The van der Waals surface area contributed by atoms with Crippen LogP contribution in [0, 0.1) is 0 Å². The first-order valence-corrected chi connectivity index (χ1v) is 23.6. The highest BCUT2D eigenvalue weighted by atomic mass is 16.5. The minimum Gasteiger partial charge on any atom is -0.439 e. The van der Waals surface area contributed by atoms with Crippen LogP contribution in [0.4, 0.5) is 22.7 Å². The Hall–Kier alpha value is -7.97. The molecule has 0 saturated carbocycles. The lowest BCUT2D eigenvalue weighted by atomic mass is 9.62. The van der Waals surface area contributed by atoms with Crippen molar-refractivity contribution in [3.63, 3.8) is 0 Å². The molecule has 3 aliphatic rings. The number of para-hydroxylation sites is 3. The van der Waals surface area contributed by atoms with Gasteiger partial charge in [0, 0.05) is 65.8 Å². The summed E-state index contributed by atoms with van der Waals surface area (Å²) in [6.45, 7) is 14.1. The van der Waals surface area contributed by atoms with Crippen molar-refractivity contribution in [1.82, 2.24) is 25.2 Å². The molecule has 0 unspecified atom stereocenters. The van der Waals surface area contributed by atoms with Gasteiger partial charge in [0.1, 0.15) is 18.2 Å². The van der Waals surface area contributed by atoms with Gasteiger partial charge in [0.15, 0.2) is 14.6 Å². The molecule has 7 aromatic rings. The van der Waals surface area contributed by atoms with E-state index in [1.165, 1.54) is 11.1 Å². The Morgan fingerprint density at radius 2 is 1.16 bits per heavy atom. The molecule has 0 spiro atoms. The molecule has 338 valence electrons. The topological polar surface area (TPSA) is 70.5 Å². The molecule has 69 heavy (non-hydrogen) atoms. The molecular weight excluding hydrogens is 844 g/mol. The van der Waals surface area contributed by atoms with E-state index in [2.05, 4.69) is 221 Å². The summed E-state index contributed by atoms with van der Waals surface area (Å²) in [6.07, 6.45) is 28.2. The Morgan fingerprint density at radius 1 is 0.551 bits per heavy atom. The number of nitrogens with zero attached hydrogens (tertiary/aromatic N) is 5. The molecule has 8 nitrogen and oxygen atoms in total. The van der Waals surface area contributed by atoms with E-state index in [0.29, 0.717) is 18.3 Å². The van der Waals surface area contributed by atoms with Gasteiger partial charge in [0.25, 0.3) is 0 Å². The van der Waals surface area contributed by atoms with E-state index in [4.69, 9.17) is 14.7 Å². The van der Waals surface area contributed by atoms with Crippen LogP contribution in [0.15, 0.2) is 201 Å². The van der Waals surface area contributed by atoms with E-state index in [1.807, 2.05) is 61.5 Å². The zero-order valence-electron chi connectivity index (χ0n) is 40.1. The third-order valence-corrected chi connectivity index (χ3v) is 12.7. The lowest BCUT2D eigenvalue weighted by Crippen LogP contribution is -2.26. The number of anilines is 4. The molecule has 10 rings (SSSR count). The predicted octanol–water partition coefficient (Wildman–Crippen LogP) is 13.6. The standard InChI is InChI=1S/C59H55B2N7O/c1-58(2,3)41-25-33-64-55(37-41)68-51-20-8-7-17-45(51)46-24-23-44(39-54(46)68)69-56-38-43(26-34-65-56)66-40-67(53-22-10-9-21-52(53)66)57-47(49-18-15-31-62-29-13-11-27-60-49)35-42(59(4,5)6)36-48(57)50-19-16-32-63-30-14-12-28-61-50/h7-39,62-63H,40H2,1-6H3/b27-11-,28-12-,29-13-,30-14-,31-15-,32-16-,49-18-,50-19-. The average Bonchev–Trinajstić information content (AvgIpc) is 3.90. The number of pyridine rings is 2. The second kappa shape index (κ2) is 19.0. The molecule has 3 aliphatic heterocycles. The highest BCUT2D eigenvalue weighted by molar-refractivity contribution is 6.67. The van der Waals surface area contributed by atoms with Crippen molar-refractivity contribution in [2.75, 3.05) is 16.5 Å².